The molecule has 0 saturated heterocycles. The lowest BCUT2D eigenvalue weighted by molar-refractivity contribution is -0.184. The maximum atomic E-state index is 11.7. The fourth-order valence-corrected chi connectivity index (χ4v) is 1.67. The predicted molar refractivity (Wildman–Crippen MR) is 49.4 cm³/mol. The molecule has 1 aromatic carbocycles. The Morgan fingerprint density at radius 3 is 3.07 bits per heavy atom. The number of nitrogens with one attached hydrogen (secondary N) is 1. The maximum Gasteiger partial charge on any atom is 0.370 e. The summed E-state index contributed by atoms with van der Waals surface area (Å²) in [6, 6.07) is 7.10. The van der Waals surface area contributed by atoms with Gasteiger partial charge in [-0.25, -0.2) is 4.79 Å². The number of hydrogen-bond donors (Lipinski definition) is 1. The van der Waals surface area contributed by atoms with E-state index < -0.39 is 12.0 Å². The lowest BCUT2D eigenvalue weighted by atomic mass is 9.98. The van der Waals surface area contributed by atoms with E-state index in [4.69, 9.17) is 0 Å². The van der Waals surface area contributed by atoms with Crippen LogP contribution in [-0.2, 0) is 16.2 Å². The van der Waals surface area contributed by atoms with Gasteiger partial charge in [-0.05, 0) is 24.5 Å². The zero-order valence-corrected chi connectivity index (χ0v) is 7.50. The molecule has 14 heavy (non-hydrogen) atoms. The molecule has 3 nitrogen and oxygen atoms in total. The van der Waals surface area contributed by atoms with Crippen LogP contribution in [0.25, 0.3) is 0 Å². The highest BCUT2D eigenvalue weighted by Crippen LogP contribution is 2.24. The molecule has 1 unspecified atom stereocenters. The van der Waals surface area contributed by atoms with Gasteiger partial charge < -0.3 is 5.32 Å². The molecule has 0 spiro atoms. The Bertz CT molecular complexity index is 354. The second-order valence-corrected chi connectivity index (χ2v) is 3.29. The van der Waals surface area contributed by atoms with Gasteiger partial charge in [-0.3, -0.25) is 4.94 Å². The van der Waals surface area contributed by atoms with Gasteiger partial charge in [-0.1, -0.05) is 18.2 Å². The van der Waals surface area contributed by atoms with E-state index in [1.54, 1.807) is 0 Å². The van der Waals surface area contributed by atoms with E-state index in [-0.39, 0.29) is 0 Å². The first-order valence-corrected chi connectivity index (χ1v) is 4.48. The van der Waals surface area contributed by atoms with Gasteiger partial charge in [-0.15, -0.1) is 0 Å². The Morgan fingerprint density at radius 1 is 1.50 bits per heavy atom. The second-order valence-electron chi connectivity index (χ2n) is 3.29. The molecule has 2 rings (SSSR count). The summed E-state index contributed by atoms with van der Waals surface area (Å²) in [7, 11) is 0. The normalized spacial score (nSPS) is 19.4. The van der Waals surface area contributed by atoms with Crippen molar-refractivity contribution in [3.05, 3.63) is 29.8 Å². The molecule has 0 amide bonds. The third-order valence-corrected chi connectivity index (χ3v) is 2.41. The fourth-order valence-electron chi connectivity index (χ4n) is 1.67. The van der Waals surface area contributed by atoms with E-state index in [0.29, 0.717) is 6.42 Å². The fraction of sp³-hybridized carbons (Fsp3) is 0.300. The van der Waals surface area contributed by atoms with Crippen LogP contribution >= 0.6 is 0 Å². The molecule has 1 atom stereocenters. The van der Waals surface area contributed by atoms with E-state index in [0.717, 1.165) is 17.7 Å². The quantitative estimate of drug-likeness (QED) is 0.743. The van der Waals surface area contributed by atoms with Gasteiger partial charge in [0.25, 0.3) is 0 Å². The smallest absolute Gasteiger partial charge is 0.370 e. The van der Waals surface area contributed by atoms with Crippen molar-refractivity contribution in [2.75, 3.05) is 5.32 Å². The number of para-hydroxylation sites is 1. The largest absolute Gasteiger partial charge is 0.372 e. The molecule has 0 aromatic heterocycles. The van der Waals surface area contributed by atoms with Gasteiger partial charge in [0.1, 0.15) is 6.04 Å². The second kappa shape index (κ2) is 3.65. The molecular formula is C10H10FNO2. The third-order valence-electron chi connectivity index (χ3n) is 2.41. The van der Waals surface area contributed by atoms with Crippen molar-refractivity contribution >= 4 is 11.7 Å². The highest BCUT2D eigenvalue weighted by atomic mass is 19.3. The minimum Gasteiger partial charge on any atom is -0.372 e. The van der Waals surface area contributed by atoms with Gasteiger partial charge >= 0.3 is 5.97 Å². The van der Waals surface area contributed by atoms with Crippen LogP contribution in [0.3, 0.4) is 0 Å². The lowest BCUT2D eigenvalue weighted by Gasteiger charge is -2.23. The zero-order valence-electron chi connectivity index (χ0n) is 7.50. The Morgan fingerprint density at radius 2 is 2.29 bits per heavy atom. The lowest BCUT2D eigenvalue weighted by Crippen LogP contribution is -2.33. The van der Waals surface area contributed by atoms with E-state index in [9.17, 15) is 9.32 Å². The number of hydrogen-bond acceptors (Lipinski definition) is 3. The molecule has 0 radical (unpaired) electrons. The van der Waals surface area contributed by atoms with Crippen LogP contribution in [0.1, 0.15) is 12.0 Å². The van der Waals surface area contributed by atoms with Crippen LogP contribution in [0.4, 0.5) is 10.2 Å². The Balaban J connectivity index is 2.17. The molecule has 4 heteroatoms. The molecule has 0 fully saturated rings. The first kappa shape index (κ1) is 8.99. The Kier molecular flexibility index (Phi) is 2.35. The number of benzene rings is 1. The average molecular weight is 195 g/mol. The van der Waals surface area contributed by atoms with Gasteiger partial charge in [0, 0.05) is 10.2 Å². The van der Waals surface area contributed by atoms with Crippen molar-refractivity contribution in [2.24, 2.45) is 0 Å². The van der Waals surface area contributed by atoms with E-state index in [2.05, 4.69) is 10.3 Å². The number of anilines is 1. The van der Waals surface area contributed by atoms with E-state index in [1.807, 2.05) is 24.3 Å². The van der Waals surface area contributed by atoms with Crippen LogP contribution in [0.15, 0.2) is 24.3 Å². The molecule has 1 heterocycles. The van der Waals surface area contributed by atoms with Crippen molar-refractivity contribution < 1.29 is 14.3 Å². The molecule has 1 aromatic rings. The molecule has 1 aliphatic heterocycles. The van der Waals surface area contributed by atoms with E-state index >= 15 is 0 Å². The zero-order chi connectivity index (χ0) is 9.97. The predicted octanol–water partition coefficient (Wildman–Crippen LogP) is 1.84. The first-order valence-electron chi connectivity index (χ1n) is 4.48. The summed E-state index contributed by atoms with van der Waals surface area (Å²) in [4.78, 5) is 14.1. The molecule has 0 saturated carbocycles. The van der Waals surface area contributed by atoms with Gasteiger partial charge in [-0.2, -0.15) is 0 Å². The number of carbonyl (C=O) groups excluding carboxylic acids is 1. The van der Waals surface area contributed by atoms with Crippen LogP contribution in [0.2, 0.25) is 0 Å². The van der Waals surface area contributed by atoms with Crippen LogP contribution in [0.5, 0.6) is 0 Å². The summed E-state index contributed by atoms with van der Waals surface area (Å²) in [6.45, 7) is 0. The number of carbonyl (C=O) groups is 1. The maximum absolute atomic E-state index is 11.7. The summed E-state index contributed by atoms with van der Waals surface area (Å²) in [5.41, 5.74) is 2.03. The van der Waals surface area contributed by atoms with Gasteiger partial charge in [0.15, 0.2) is 0 Å². The van der Waals surface area contributed by atoms with Crippen molar-refractivity contribution in [2.45, 2.75) is 18.9 Å². The topological polar surface area (TPSA) is 38.3 Å². The van der Waals surface area contributed by atoms with Crippen molar-refractivity contribution in [3.8, 4) is 0 Å². The summed E-state index contributed by atoms with van der Waals surface area (Å²) < 4.78 is 11.7. The molecule has 74 valence electrons. The molecule has 1 N–H and O–H groups in total. The summed E-state index contributed by atoms with van der Waals surface area (Å²) in [6.07, 6.45) is 1.34. The van der Waals surface area contributed by atoms with Crippen molar-refractivity contribution in [1.29, 1.82) is 0 Å². The van der Waals surface area contributed by atoms with E-state index in [1.165, 1.54) is 0 Å². The first-order chi connectivity index (χ1) is 6.81. The highest BCUT2D eigenvalue weighted by Gasteiger charge is 2.25. The monoisotopic (exact) mass is 195 g/mol. The average Bonchev–Trinajstić information content (AvgIpc) is 2.27. The SMILES string of the molecule is O=C(OF)C1CCc2ccccc2N1. The van der Waals surface area contributed by atoms with Crippen LogP contribution in [0, 0.1) is 0 Å². The summed E-state index contributed by atoms with van der Waals surface area (Å²) in [5.74, 6) is -0.848. The number of fused-ring (bicyclic) bond motifs is 1. The van der Waals surface area contributed by atoms with Gasteiger partial charge in [0.2, 0.25) is 0 Å². The summed E-state index contributed by atoms with van der Waals surface area (Å²) >= 11 is 0. The van der Waals surface area contributed by atoms with Crippen molar-refractivity contribution in [1.82, 2.24) is 0 Å². The standard InChI is InChI=1S/C10H10FNO2/c11-14-10(13)9-6-5-7-3-1-2-4-8(7)12-9/h1-4,9,12H,5-6H2. The third kappa shape index (κ3) is 1.55. The van der Waals surface area contributed by atoms with Crippen LogP contribution < -0.4 is 5.32 Å². The Labute approximate surface area is 80.8 Å². The summed E-state index contributed by atoms with van der Waals surface area (Å²) in [5, 5.41) is 2.93. The van der Waals surface area contributed by atoms with Gasteiger partial charge in [0.05, 0.1) is 0 Å². The number of halogens is 1. The number of aryl methyl sites for hydroxylation is 1. The molecule has 0 bridgehead atoms. The number of rotatable bonds is 1. The van der Waals surface area contributed by atoms with Crippen molar-refractivity contribution in [3.63, 3.8) is 0 Å². The Hall–Kier alpha value is -1.58. The van der Waals surface area contributed by atoms with Crippen LogP contribution in [-0.4, -0.2) is 12.0 Å². The molecule has 1 aliphatic rings. The molecular weight excluding hydrogens is 185 g/mol. The highest BCUT2D eigenvalue weighted by molar-refractivity contribution is 5.80. The molecule has 0 aliphatic carbocycles. The minimum atomic E-state index is -0.848. The minimum absolute atomic E-state index is 0.560.